The van der Waals surface area contributed by atoms with Crippen LogP contribution in [0.3, 0.4) is 0 Å². The Morgan fingerprint density at radius 3 is 2.81 bits per heavy atom. The van der Waals surface area contributed by atoms with E-state index in [-0.39, 0.29) is 18.3 Å². The molecule has 0 fully saturated rings. The third-order valence-corrected chi connectivity index (χ3v) is 2.45. The number of rotatable bonds is 4. The second-order valence-corrected chi connectivity index (χ2v) is 3.64. The first-order valence-corrected chi connectivity index (χ1v) is 5.47. The lowest BCUT2D eigenvalue weighted by Gasteiger charge is -2.05. The summed E-state index contributed by atoms with van der Waals surface area (Å²) in [5, 5.41) is 9.01. The lowest BCUT2D eigenvalue weighted by atomic mass is 10.0. The first-order chi connectivity index (χ1) is 7.71. The van der Waals surface area contributed by atoms with Gasteiger partial charge in [0.1, 0.15) is 0 Å². The Morgan fingerprint density at radius 2 is 2.25 bits per heavy atom. The van der Waals surface area contributed by atoms with Crippen molar-refractivity contribution in [1.82, 2.24) is 0 Å². The highest BCUT2D eigenvalue weighted by molar-refractivity contribution is 6.27. The van der Waals surface area contributed by atoms with E-state index < -0.39 is 0 Å². The summed E-state index contributed by atoms with van der Waals surface area (Å²) >= 11 is 5.46. The minimum Gasteiger partial charge on any atom is -0.392 e. The Labute approximate surface area is 100 Å². The summed E-state index contributed by atoms with van der Waals surface area (Å²) in [5.74, 6) is 5.70. The van der Waals surface area contributed by atoms with E-state index in [1.807, 2.05) is 6.07 Å². The minimum atomic E-state index is -0.0300. The fourth-order valence-corrected chi connectivity index (χ4v) is 1.48. The molecule has 0 radical (unpaired) electrons. The van der Waals surface area contributed by atoms with Gasteiger partial charge in [-0.15, -0.1) is 17.5 Å². The highest BCUT2D eigenvalue weighted by atomic mass is 35.5. The number of hydrogen-bond acceptors (Lipinski definition) is 2. The van der Waals surface area contributed by atoms with Crippen LogP contribution in [0.25, 0.3) is 0 Å². The quantitative estimate of drug-likeness (QED) is 0.641. The smallest absolute Gasteiger partial charge is 0.151 e. The fourth-order valence-electron chi connectivity index (χ4n) is 1.39. The normalized spacial score (nSPS) is 9.44. The van der Waals surface area contributed by atoms with Crippen molar-refractivity contribution in [3.63, 3.8) is 0 Å². The number of halogens is 1. The van der Waals surface area contributed by atoms with Crippen LogP contribution in [-0.2, 0) is 17.8 Å². The SMILES string of the molecule is CC#Cc1cc(CO)ccc1CC(=O)CCl. The zero-order chi connectivity index (χ0) is 12.0. The predicted octanol–water partition coefficient (Wildman–Crippen LogP) is 1.90. The van der Waals surface area contributed by atoms with Gasteiger partial charge in [-0.2, -0.15) is 0 Å². The van der Waals surface area contributed by atoms with Crippen molar-refractivity contribution in [1.29, 1.82) is 0 Å². The highest BCUT2D eigenvalue weighted by Crippen LogP contribution is 2.13. The monoisotopic (exact) mass is 236 g/mol. The van der Waals surface area contributed by atoms with Crippen LogP contribution in [0.4, 0.5) is 0 Å². The van der Waals surface area contributed by atoms with Gasteiger partial charge in [0.05, 0.1) is 12.5 Å². The molecule has 0 aliphatic heterocycles. The van der Waals surface area contributed by atoms with Gasteiger partial charge in [-0.25, -0.2) is 0 Å². The van der Waals surface area contributed by atoms with Gasteiger partial charge in [0, 0.05) is 12.0 Å². The largest absolute Gasteiger partial charge is 0.392 e. The maximum absolute atomic E-state index is 11.3. The van der Waals surface area contributed by atoms with E-state index in [0.29, 0.717) is 6.42 Å². The van der Waals surface area contributed by atoms with Crippen molar-refractivity contribution in [3.05, 3.63) is 34.9 Å². The Bertz CT molecular complexity index is 441. The van der Waals surface area contributed by atoms with Crippen molar-refractivity contribution in [3.8, 4) is 11.8 Å². The summed E-state index contributed by atoms with van der Waals surface area (Å²) in [6, 6.07) is 5.40. The van der Waals surface area contributed by atoms with Crippen LogP contribution >= 0.6 is 11.6 Å². The molecule has 0 amide bonds. The molecule has 1 N–H and O–H groups in total. The molecular formula is C13H13ClO2. The molecule has 0 aromatic heterocycles. The van der Waals surface area contributed by atoms with Gasteiger partial charge in [0.2, 0.25) is 0 Å². The molecule has 1 rings (SSSR count). The van der Waals surface area contributed by atoms with Crippen molar-refractivity contribution < 1.29 is 9.90 Å². The van der Waals surface area contributed by atoms with E-state index in [9.17, 15) is 4.79 Å². The predicted molar refractivity (Wildman–Crippen MR) is 64.3 cm³/mol. The summed E-state index contributed by atoms with van der Waals surface area (Å²) in [6.45, 7) is 1.71. The van der Waals surface area contributed by atoms with Crippen molar-refractivity contribution >= 4 is 17.4 Å². The number of alkyl halides is 1. The van der Waals surface area contributed by atoms with Crippen molar-refractivity contribution in [2.75, 3.05) is 5.88 Å². The molecule has 0 atom stereocenters. The van der Waals surface area contributed by atoms with E-state index >= 15 is 0 Å². The average Bonchev–Trinajstić information content (AvgIpc) is 2.31. The lowest BCUT2D eigenvalue weighted by molar-refractivity contribution is -0.116. The van der Waals surface area contributed by atoms with Crippen LogP contribution in [0.15, 0.2) is 18.2 Å². The van der Waals surface area contributed by atoms with E-state index in [2.05, 4.69) is 11.8 Å². The summed E-state index contributed by atoms with van der Waals surface area (Å²) in [4.78, 5) is 11.3. The number of benzene rings is 1. The van der Waals surface area contributed by atoms with Crippen molar-refractivity contribution in [2.45, 2.75) is 20.0 Å². The van der Waals surface area contributed by atoms with Gasteiger partial charge in [-0.1, -0.05) is 18.1 Å². The lowest BCUT2D eigenvalue weighted by Crippen LogP contribution is -2.05. The highest BCUT2D eigenvalue weighted by Gasteiger charge is 2.06. The maximum atomic E-state index is 11.3. The van der Waals surface area contributed by atoms with Crippen LogP contribution < -0.4 is 0 Å². The molecule has 84 valence electrons. The molecule has 0 unspecified atom stereocenters. The van der Waals surface area contributed by atoms with Crippen LogP contribution in [-0.4, -0.2) is 16.8 Å². The molecule has 0 aliphatic carbocycles. The number of aliphatic hydroxyl groups excluding tert-OH is 1. The molecule has 0 saturated carbocycles. The Kier molecular flexibility index (Phi) is 5.04. The molecule has 0 saturated heterocycles. The topological polar surface area (TPSA) is 37.3 Å². The third-order valence-electron chi connectivity index (χ3n) is 2.15. The maximum Gasteiger partial charge on any atom is 0.151 e. The van der Waals surface area contributed by atoms with Crippen LogP contribution in [0.5, 0.6) is 0 Å². The van der Waals surface area contributed by atoms with Gasteiger partial charge in [-0.05, 0) is 24.1 Å². The second-order valence-electron chi connectivity index (χ2n) is 3.37. The molecule has 0 spiro atoms. The van der Waals surface area contributed by atoms with Gasteiger partial charge < -0.3 is 5.11 Å². The summed E-state index contributed by atoms with van der Waals surface area (Å²) in [5.41, 5.74) is 2.43. The number of ketones is 1. The number of carbonyl (C=O) groups excluding carboxylic acids is 1. The molecule has 0 bridgehead atoms. The van der Waals surface area contributed by atoms with Gasteiger partial charge >= 0.3 is 0 Å². The van der Waals surface area contributed by atoms with Gasteiger partial charge in [0.15, 0.2) is 5.78 Å². The van der Waals surface area contributed by atoms with E-state index in [1.165, 1.54) is 0 Å². The number of aliphatic hydroxyl groups is 1. The Balaban J connectivity index is 3.06. The fraction of sp³-hybridized carbons (Fsp3) is 0.308. The number of hydrogen-bond donors (Lipinski definition) is 1. The van der Waals surface area contributed by atoms with Gasteiger partial charge in [0.25, 0.3) is 0 Å². The number of Topliss-reactive ketones (excluding diaryl/α,β-unsaturated/α-hetero) is 1. The average molecular weight is 237 g/mol. The summed E-state index contributed by atoms with van der Waals surface area (Å²) in [7, 11) is 0. The molecule has 1 aromatic carbocycles. The zero-order valence-corrected chi connectivity index (χ0v) is 9.84. The Hall–Kier alpha value is -1.30. The van der Waals surface area contributed by atoms with Crippen LogP contribution in [0.2, 0.25) is 0 Å². The minimum absolute atomic E-state index is 0.0146. The molecule has 0 heterocycles. The number of carbonyl (C=O) groups is 1. The zero-order valence-electron chi connectivity index (χ0n) is 9.09. The van der Waals surface area contributed by atoms with Crippen LogP contribution in [0, 0.1) is 11.8 Å². The van der Waals surface area contributed by atoms with E-state index in [1.54, 1.807) is 19.1 Å². The summed E-state index contributed by atoms with van der Waals surface area (Å²) < 4.78 is 0. The molecule has 2 nitrogen and oxygen atoms in total. The standard InChI is InChI=1S/C13H13ClO2/c1-2-3-11-6-10(9-15)4-5-12(11)7-13(16)8-14/h4-6,15H,7-9H2,1H3. The van der Waals surface area contributed by atoms with Crippen molar-refractivity contribution in [2.24, 2.45) is 0 Å². The third kappa shape index (κ3) is 3.37. The molecule has 3 heteroatoms. The molecular weight excluding hydrogens is 224 g/mol. The Morgan fingerprint density at radius 1 is 1.50 bits per heavy atom. The molecule has 16 heavy (non-hydrogen) atoms. The first-order valence-electron chi connectivity index (χ1n) is 4.94. The van der Waals surface area contributed by atoms with Crippen LogP contribution in [0.1, 0.15) is 23.6 Å². The summed E-state index contributed by atoms with van der Waals surface area (Å²) in [6.07, 6.45) is 0.291. The van der Waals surface area contributed by atoms with E-state index in [4.69, 9.17) is 16.7 Å². The van der Waals surface area contributed by atoms with E-state index in [0.717, 1.165) is 16.7 Å². The van der Waals surface area contributed by atoms with Gasteiger partial charge in [-0.3, -0.25) is 4.79 Å². The molecule has 0 aliphatic rings. The molecule has 1 aromatic rings. The first kappa shape index (κ1) is 12.8. The second kappa shape index (κ2) is 6.32.